The van der Waals surface area contributed by atoms with Gasteiger partial charge in [-0.25, -0.2) is 0 Å². The molecule has 2 aromatic rings. The molecule has 2 aromatic carbocycles. The van der Waals surface area contributed by atoms with Crippen molar-refractivity contribution in [3.63, 3.8) is 0 Å². The number of methoxy groups -OCH3 is 1. The molecular weight excluding hydrogens is 445 g/mol. The fourth-order valence-electron chi connectivity index (χ4n) is 1.87. The van der Waals surface area contributed by atoms with Crippen LogP contribution in [0.25, 0.3) is 0 Å². The fraction of sp³-hybridized carbons (Fsp3) is 0.188. The molecule has 1 amide bonds. The SMILES string of the molecule is COCc1ccc(CNC(=O)c2cc(Br)ccc2I)cc1. The van der Waals surface area contributed by atoms with Gasteiger partial charge in [0.25, 0.3) is 5.91 Å². The highest BCUT2D eigenvalue weighted by Crippen LogP contribution is 2.18. The van der Waals surface area contributed by atoms with E-state index in [4.69, 9.17) is 4.74 Å². The van der Waals surface area contributed by atoms with Crippen LogP contribution in [0, 0.1) is 3.57 Å². The van der Waals surface area contributed by atoms with E-state index < -0.39 is 0 Å². The number of rotatable bonds is 5. The van der Waals surface area contributed by atoms with Crippen LogP contribution in [-0.4, -0.2) is 13.0 Å². The molecule has 110 valence electrons. The average molecular weight is 460 g/mol. The summed E-state index contributed by atoms with van der Waals surface area (Å²) in [5, 5.41) is 2.94. The maximum absolute atomic E-state index is 12.2. The minimum atomic E-state index is -0.0679. The van der Waals surface area contributed by atoms with Crippen LogP contribution < -0.4 is 5.32 Å². The van der Waals surface area contributed by atoms with Gasteiger partial charge in [0.2, 0.25) is 0 Å². The topological polar surface area (TPSA) is 38.3 Å². The number of benzene rings is 2. The second-order valence-electron chi connectivity index (χ2n) is 4.56. The zero-order valence-electron chi connectivity index (χ0n) is 11.5. The van der Waals surface area contributed by atoms with E-state index in [1.165, 1.54) is 0 Å². The van der Waals surface area contributed by atoms with Crippen LogP contribution in [0.5, 0.6) is 0 Å². The van der Waals surface area contributed by atoms with Crippen molar-refractivity contribution in [2.24, 2.45) is 0 Å². The molecule has 0 atom stereocenters. The number of carbonyl (C=O) groups is 1. The molecule has 0 radical (unpaired) electrons. The third-order valence-electron chi connectivity index (χ3n) is 2.96. The maximum Gasteiger partial charge on any atom is 0.252 e. The Morgan fingerprint density at radius 3 is 2.52 bits per heavy atom. The van der Waals surface area contributed by atoms with Crippen LogP contribution in [-0.2, 0) is 17.9 Å². The molecule has 3 nitrogen and oxygen atoms in total. The Kier molecular flexibility index (Phi) is 6.20. The summed E-state index contributed by atoms with van der Waals surface area (Å²) in [4.78, 5) is 12.2. The fourth-order valence-corrected chi connectivity index (χ4v) is 2.81. The van der Waals surface area contributed by atoms with Crippen molar-refractivity contribution in [1.82, 2.24) is 5.32 Å². The van der Waals surface area contributed by atoms with Gasteiger partial charge in [0.05, 0.1) is 12.2 Å². The number of hydrogen-bond donors (Lipinski definition) is 1. The first-order valence-corrected chi connectivity index (χ1v) is 8.27. The number of nitrogens with one attached hydrogen (secondary N) is 1. The lowest BCUT2D eigenvalue weighted by atomic mass is 10.1. The van der Waals surface area contributed by atoms with Gasteiger partial charge >= 0.3 is 0 Å². The van der Waals surface area contributed by atoms with Crippen molar-refractivity contribution < 1.29 is 9.53 Å². The predicted octanol–water partition coefficient (Wildman–Crippen LogP) is 4.13. The van der Waals surface area contributed by atoms with Gasteiger partial charge < -0.3 is 10.1 Å². The second kappa shape index (κ2) is 7.91. The summed E-state index contributed by atoms with van der Waals surface area (Å²) in [6.07, 6.45) is 0. The molecule has 0 heterocycles. The van der Waals surface area contributed by atoms with E-state index in [1.54, 1.807) is 7.11 Å². The lowest BCUT2D eigenvalue weighted by Crippen LogP contribution is -2.23. The van der Waals surface area contributed by atoms with Gasteiger partial charge in [-0.2, -0.15) is 0 Å². The molecule has 0 saturated heterocycles. The van der Waals surface area contributed by atoms with Gasteiger partial charge in [0.15, 0.2) is 0 Å². The molecule has 0 bridgehead atoms. The Morgan fingerprint density at radius 2 is 1.86 bits per heavy atom. The molecule has 0 aromatic heterocycles. The number of carbonyl (C=O) groups excluding carboxylic acids is 1. The molecule has 21 heavy (non-hydrogen) atoms. The average Bonchev–Trinajstić information content (AvgIpc) is 2.49. The monoisotopic (exact) mass is 459 g/mol. The zero-order valence-corrected chi connectivity index (χ0v) is 15.3. The summed E-state index contributed by atoms with van der Waals surface area (Å²) >= 11 is 5.55. The summed E-state index contributed by atoms with van der Waals surface area (Å²) in [5.74, 6) is -0.0679. The van der Waals surface area contributed by atoms with E-state index in [2.05, 4.69) is 43.8 Å². The molecular formula is C16H15BrINO2. The molecule has 0 spiro atoms. The normalized spacial score (nSPS) is 10.4. The highest BCUT2D eigenvalue weighted by Gasteiger charge is 2.10. The van der Waals surface area contributed by atoms with Crippen LogP contribution in [0.2, 0.25) is 0 Å². The Balaban J connectivity index is 1.99. The van der Waals surface area contributed by atoms with Gasteiger partial charge in [0.1, 0.15) is 0 Å². The van der Waals surface area contributed by atoms with E-state index >= 15 is 0 Å². The highest BCUT2D eigenvalue weighted by atomic mass is 127. The lowest BCUT2D eigenvalue weighted by molar-refractivity contribution is 0.0950. The predicted molar refractivity (Wildman–Crippen MR) is 95.2 cm³/mol. The van der Waals surface area contributed by atoms with Crippen LogP contribution >= 0.6 is 38.5 Å². The van der Waals surface area contributed by atoms with E-state index in [1.807, 2.05) is 42.5 Å². The summed E-state index contributed by atoms with van der Waals surface area (Å²) in [7, 11) is 1.67. The third kappa shape index (κ3) is 4.79. The number of amides is 1. The Morgan fingerprint density at radius 1 is 1.19 bits per heavy atom. The molecule has 2 rings (SSSR count). The molecule has 5 heteroatoms. The summed E-state index contributed by atoms with van der Waals surface area (Å²) in [6, 6.07) is 13.7. The summed E-state index contributed by atoms with van der Waals surface area (Å²) in [6.45, 7) is 1.11. The molecule has 0 aliphatic rings. The van der Waals surface area contributed by atoms with Crippen LogP contribution in [0.3, 0.4) is 0 Å². The van der Waals surface area contributed by atoms with Gasteiger partial charge in [-0.1, -0.05) is 40.2 Å². The minimum absolute atomic E-state index is 0.0679. The van der Waals surface area contributed by atoms with E-state index in [9.17, 15) is 4.79 Å². The number of ether oxygens (including phenoxy) is 1. The number of hydrogen-bond acceptors (Lipinski definition) is 2. The first-order valence-electron chi connectivity index (χ1n) is 6.40. The summed E-state index contributed by atoms with van der Waals surface area (Å²) < 4.78 is 6.91. The number of halogens is 2. The summed E-state index contributed by atoms with van der Waals surface area (Å²) in [5.41, 5.74) is 2.86. The largest absolute Gasteiger partial charge is 0.380 e. The molecule has 0 fully saturated rings. The Hall–Kier alpha value is -0.920. The van der Waals surface area contributed by atoms with Gasteiger partial charge in [-0.15, -0.1) is 0 Å². The molecule has 0 aliphatic heterocycles. The van der Waals surface area contributed by atoms with E-state index in [-0.39, 0.29) is 5.91 Å². The van der Waals surface area contributed by atoms with Crippen LogP contribution in [0.4, 0.5) is 0 Å². The zero-order chi connectivity index (χ0) is 15.2. The van der Waals surface area contributed by atoms with Crippen LogP contribution in [0.15, 0.2) is 46.9 Å². The van der Waals surface area contributed by atoms with Crippen molar-refractivity contribution in [3.8, 4) is 0 Å². The minimum Gasteiger partial charge on any atom is -0.380 e. The molecule has 0 aliphatic carbocycles. The van der Waals surface area contributed by atoms with Gasteiger partial charge in [-0.3, -0.25) is 4.79 Å². The van der Waals surface area contributed by atoms with E-state index in [0.29, 0.717) is 18.7 Å². The lowest BCUT2D eigenvalue weighted by Gasteiger charge is -2.08. The smallest absolute Gasteiger partial charge is 0.252 e. The first-order chi connectivity index (χ1) is 10.1. The molecule has 1 N–H and O–H groups in total. The first kappa shape index (κ1) is 16.5. The van der Waals surface area contributed by atoms with E-state index in [0.717, 1.165) is 19.2 Å². The molecule has 0 saturated carbocycles. The molecule has 0 unspecified atom stereocenters. The van der Waals surface area contributed by atoms with Gasteiger partial charge in [-0.05, 0) is 51.9 Å². The van der Waals surface area contributed by atoms with Crippen LogP contribution in [0.1, 0.15) is 21.5 Å². The Bertz CT molecular complexity index is 629. The van der Waals surface area contributed by atoms with Gasteiger partial charge in [0, 0.05) is 21.7 Å². The van der Waals surface area contributed by atoms with Crippen molar-refractivity contribution in [2.45, 2.75) is 13.2 Å². The maximum atomic E-state index is 12.2. The standard InChI is InChI=1S/C16H15BrINO2/c1-21-10-12-4-2-11(3-5-12)9-19-16(20)14-8-13(17)6-7-15(14)18/h2-8H,9-10H2,1H3,(H,19,20). The highest BCUT2D eigenvalue weighted by molar-refractivity contribution is 14.1. The Labute approximate surface area is 146 Å². The van der Waals surface area contributed by atoms with Crippen molar-refractivity contribution in [1.29, 1.82) is 0 Å². The quantitative estimate of drug-likeness (QED) is 0.682. The van der Waals surface area contributed by atoms with Crippen molar-refractivity contribution in [3.05, 3.63) is 67.2 Å². The van der Waals surface area contributed by atoms with Crippen molar-refractivity contribution >= 4 is 44.4 Å². The second-order valence-corrected chi connectivity index (χ2v) is 6.63. The van der Waals surface area contributed by atoms with Crippen molar-refractivity contribution in [2.75, 3.05) is 7.11 Å². The third-order valence-corrected chi connectivity index (χ3v) is 4.39.